The van der Waals surface area contributed by atoms with Gasteiger partial charge in [0.25, 0.3) is 0 Å². The zero-order valence-electron chi connectivity index (χ0n) is 12.3. The molecular weight excluding hydrogens is 266 g/mol. The van der Waals surface area contributed by atoms with Gasteiger partial charge >= 0.3 is 6.01 Å². The van der Waals surface area contributed by atoms with E-state index in [1.165, 1.54) is 5.56 Å². The average Bonchev–Trinajstić information content (AvgIpc) is 2.48. The molecule has 0 bridgehead atoms. The minimum atomic E-state index is -0.0516. The van der Waals surface area contributed by atoms with Crippen LogP contribution in [0, 0.1) is 6.92 Å². The molecule has 0 aliphatic rings. The van der Waals surface area contributed by atoms with Crippen LogP contribution in [0.25, 0.3) is 0 Å². The SMILES string of the molecule is CCOc1ncc(NC(=O)CCc2cccc(C)c2)cn1. The monoisotopic (exact) mass is 285 g/mol. The lowest BCUT2D eigenvalue weighted by Crippen LogP contribution is -2.13. The van der Waals surface area contributed by atoms with Crippen molar-refractivity contribution in [3.05, 3.63) is 47.8 Å². The fourth-order valence-corrected chi connectivity index (χ4v) is 1.93. The van der Waals surface area contributed by atoms with Crippen LogP contribution < -0.4 is 10.1 Å². The first-order valence-electron chi connectivity index (χ1n) is 6.97. The molecule has 0 unspecified atom stereocenters. The number of rotatable bonds is 6. The first kappa shape index (κ1) is 15.0. The molecule has 0 fully saturated rings. The van der Waals surface area contributed by atoms with Crippen molar-refractivity contribution in [2.45, 2.75) is 26.7 Å². The highest BCUT2D eigenvalue weighted by molar-refractivity contribution is 5.90. The summed E-state index contributed by atoms with van der Waals surface area (Å²) in [7, 11) is 0. The highest BCUT2D eigenvalue weighted by Crippen LogP contribution is 2.10. The minimum Gasteiger partial charge on any atom is -0.464 e. The predicted octanol–water partition coefficient (Wildman–Crippen LogP) is 2.76. The second-order valence-electron chi connectivity index (χ2n) is 4.72. The maximum absolute atomic E-state index is 11.9. The lowest BCUT2D eigenvalue weighted by Gasteiger charge is -2.06. The van der Waals surface area contributed by atoms with Gasteiger partial charge in [-0.15, -0.1) is 0 Å². The van der Waals surface area contributed by atoms with Gasteiger partial charge in [-0.1, -0.05) is 29.8 Å². The summed E-state index contributed by atoms with van der Waals surface area (Å²) in [6, 6.07) is 8.48. The summed E-state index contributed by atoms with van der Waals surface area (Å²) in [6.45, 7) is 4.42. The van der Waals surface area contributed by atoms with Gasteiger partial charge in [0.05, 0.1) is 24.7 Å². The third kappa shape index (κ3) is 4.87. The molecule has 0 aliphatic carbocycles. The Bertz CT molecular complexity index is 597. The van der Waals surface area contributed by atoms with E-state index >= 15 is 0 Å². The Labute approximate surface area is 124 Å². The smallest absolute Gasteiger partial charge is 0.316 e. The molecule has 21 heavy (non-hydrogen) atoms. The Balaban J connectivity index is 1.84. The standard InChI is InChI=1S/C16H19N3O2/c1-3-21-16-17-10-14(11-18-16)19-15(20)8-7-13-6-4-5-12(2)9-13/h4-6,9-11H,3,7-8H2,1-2H3,(H,19,20). The number of nitrogens with one attached hydrogen (secondary N) is 1. The Kier molecular flexibility index (Phi) is 5.26. The normalized spacial score (nSPS) is 10.2. The van der Waals surface area contributed by atoms with Gasteiger partial charge in [-0.2, -0.15) is 0 Å². The van der Waals surface area contributed by atoms with Crippen LogP contribution in [-0.2, 0) is 11.2 Å². The van der Waals surface area contributed by atoms with Gasteiger partial charge in [0.1, 0.15) is 0 Å². The van der Waals surface area contributed by atoms with E-state index in [-0.39, 0.29) is 5.91 Å². The Morgan fingerprint density at radius 2 is 2.05 bits per heavy atom. The Morgan fingerprint density at radius 3 is 2.71 bits per heavy atom. The summed E-state index contributed by atoms with van der Waals surface area (Å²) in [5, 5.41) is 2.78. The minimum absolute atomic E-state index is 0.0516. The summed E-state index contributed by atoms with van der Waals surface area (Å²) in [5.74, 6) is -0.0516. The second kappa shape index (κ2) is 7.38. The van der Waals surface area contributed by atoms with E-state index in [2.05, 4.69) is 21.4 Å². The summed E-state index contributed by atoms with van der Waals surface area (Å²) in [4.78, 5) is 19.9. The van der Waals surface area contributed by atoms with Gasteiger partial charge in [-0.05, 0) is 25.8 Å². The lowest BCUT2D eigenvalue weighted by atomic mass is 10.1. The molecule has 5 nitrogen and oxygen atoms in total. The number of nitrogens with zero attached hydrogens (tertiary/aromatic N) is 2. The molecule has 0 saturated carbocycles. The summed E-state index contributed by atoms with van der Waals surface area (Å²) < 4.78 is 5.15. The maximum atomic E-state index is 11.9. The number of anilines is 1. The molecule has 1 amide bonds. The van der Waals surface area contributed by atoms with Crippen molar-refractivity contribution >= 4 is 11.6 Å². The van der Waals surface area contributed by atoms with Crippen molar-refractivity contribution in [3.63, 3.8) is 0 Å². The highest BCUT2D eigenvalue weighted by atomic mass is 16.5. The number of hydrogen-bond acceptors (Lipinski definition) is 4. The van der Waals surface area contributed by atoms with Crippen LogP contribution in [0.5, 0.6) is 6.01 Å². The third-order valence-corrected chi connectivity index (χ3v) is 2.91. The number of benzene rings is 1. The fraction of sp³-hybridized carbons (Fsp3) is 0.312. The molecule has 0 radical (unpaired) electrons. The maximum Gasteiger partial charge on any atom is 0.316 e. The summed E-state index contributed by atoms with van der Waals surface area (Å²) in [5.41, 5.74) is 2.94. The molecule has 110 valence electrons. The first-order valence-corrected chi connectivity index (χ1v) is 6.97. The second-order valence-corrected chi connectivity index (χ2v) is 4.72. The van der Waals surface area contributed by atoms with Gasteiger partial charge in [0, 0.05) is 6.42 Å². The molecule has 1 aromatic heterocycles. The summed E-state index contributed by atoms with van der Waals surface area (Å²) in [6.07, 6.45) is 4.23. The number of aromatic nitrogens is 2. The van der Waals surface area contributed by atoms with Crippen molar-refractivity contribution in [1.29, 1.82) is 0 Å². The first-order chi connectivity index (χ1) is 10.2. The molecule has 0 aliphatic heterocycles. The van der Waals surface area contributed by atoms with Gasteiger partial charge in [-0.25, -0.2) is 9.97 Å². The zero-order chi connectivity index (χ0) is 15.1. The zero-order valence-corrected chi connectivity index (χ0v) is 12.3. The molecule has 2 aromatic rings. The van der Waals surface area contributed by atoms with Crippen LogP contribution in [0.3, 0.4) is 0 Å². The number of hydrogen-bond donors (Lipinski definition) is 1. The number of carbonyl (C=O) groups excluding carboxylic acids is 1. The average molecular weight is 285 g/mol. The lowest BCUT2D eigenvalue weighted by molar-refractivity contribution is -0.116. The van der Waals surface area contributed by atoms with E-state index in [1.807, 2.05) is 32.0 Å². The molecule has 2 rings (SSSR count). The third-order valence-electron chi connectivity index (χ3n) is 2.91. The van der Waals surface area contributed by atoms with Gasteiger partial charge in [0.2, 0.25) is 5.91 Å². The quantitative estimate of drug-likeness (QED) is 0.886. The number of amides is 1. The Morgan fingerprint density at radius 1 is 1.29 bits per heavy atom. The molecule has 1 aromatic carbocycles. The predicted molar refractivity (Wildman–Crippen MR) is 81.3 cm³/mol. The van der Waals surface area contributed by atoms with Crippen LogP contribution in [0.15, 0.2) is 36.7 Å². The summed E-state index contributed by atoms with van der Waals surface area (Å²) >= 11 is 0. The van der Waals surface area contributed by atoms with Crippen molar-refractivity contribution in [2.24, 2.45) is 0 Å². The van der Waals surface area contributed by atoms with E-state index in [4.69, 9.17) is 4.74 Å². The van der Waals surface area contributed by atoms with E-state index < -0.39 is 0 Å². The number of aryl methyl sites for hydroxylation is 2. The van der Waals surface area contributed by atoms with E-state index in [0.717, 1.165) is 5.56 Å². The van der Waals surface area contributed by atoms with Gasteiger partial charge < -0.3 is 10.1 Å². The van der Waals surface area contributed by atoms with Crippen LogP contribution >= 0.6 is 0 Å². The van der Waals surface area contributed by atoms with E-state index in [0.29, 0.717) is 31.1 Å². The van der Waals surface area contributed by atoms with Crippen LogP contribution in [0.4, 0.5) is 5.69 Å². The molecule has 1 heterocycles. The molecular formula is C16H19N3O2. The number of carbonyl (C=O) groups is 1. The molecule has 5 heteroatoms. The van der Waals surface area contributed by atoms with E-state index in [1.54, 1.807) is 12.4 Å². The molecule has 0 saturated heterocycles. The molecule has 1 N–H and O–H groups in total. The largest absolute Gasteiger partial charge is 0.464 e. The van der Waals surface area contributed by atoms with Crippen molar-refractivity contribution in [1.82, 2.24) is 9.97 Å². The van der Waals surface area contributed by atoms with Gasteiger partial charge in [0.15, 0.2) is 0 Å². The van der Waals surface area contributed by atoms with Crippen molar-refractivity contribution in [3.8, 4) is 6.01 Å². The van der Waals surface area contributed by atoms with Crippen LogP contribution in [-0.4, -0.2) is 22.5 Å². The van der Waals surface area contributed by atoms with Crippen LogP contribution in [0.1, 0.15) is 24.5 Å². The Hall–Kier alpha value is -2.43. The van der Waals surface area contributed by atoms with Crippen molar-refractivity contribution in [2.75, 3.05) is 11.9 Å². The molecule has 0 atom stereocenters. The highest BCUT2D eigenvalue weighted by Gasteiger charge is 2.05. The number of ether oxygens (including phenoxy) is 1. The molecule has 0 spiro atoms. The topological polar surface area (TPSA) is 64.1 Å². The van der Waals surface area contributed by atoms with Crippen molar-refractivity contribution < 1.29 is 9.53 Å². The fourth-order valence-electron chi connectivity index (χ4n) is 1.93. The van der Waals surface area contributed by atoms with Crippen LogP contribution in [0.2, 0.25) is 0 Å². The van der Waals surface area contributed by atoms with E-state index in [9.17, 15) is 4.79 Å². The van der Waals surface area contributed by atoms with Gasteiger partial charge in [-0.3, -0.25) is 4.79 Å².